The summed E-state index contributed by atoms with van der Waals surface area (Å²) >= 11 is 0. The van der Waals surface area contributed by atoms with Crippen molar-refractivity contribution in [2.75, 3.05) is 7.05 Å². The van der Waals surface area contributed by atoms with E-state index in [1.165, 1.54) is 6.07 Å². The van der Waals surface area contributed by atoms with E-state index in [2.05, 4.69) is 10.2 Å². The Bertz CT molecular complexity index is 928. The van der Waals surface area contributed by atoms with Crippen LogP contribution in [-0.2, 0) is 13.1 Å². The average Bonchev–Trinajstić information content (AvgIpc) is 3.09. The van der Waals surface area contributed by atoms with Crippen LogP contribution in [0.15, 0.2) is 59.7 Å². The van der Waals surface area contributed by atoms with Gasteiger partial charge in [0.25, 0.3) is 11.5 Å². The summed E-state index contributed by atoms with van der Waals surface area (Å²) in [5.74, 6) is -0.194. The largest absolute Gasteiger partial charge is 0.337 e. The molecule has 0 fully saturated rings. The van der Waals surface area contributed by atoms with Gasteiger partial charge >= 0.3 is 0 Å². The highest BCUT2D eigenvalue weighted by atomic mass is 16.2. The zero-order valence-corrected chi connectivity index (χ0v) is 14.3. The number of benzene rings is 1. The summed E-state index contributed by atoms with van der Waals surface area (Å²) in [5, 5.41) is 7.09. The van der Waals surface area contributed by atoms with Gasteiger partial charge in [0.05, 0.1) is 11.9 Å². The fourth-order valence-corrected chi connectivity index (χ4v) is 2.74. The van der Waals surface area contributed by atoms with Gasteiger partial charge in [-0.3, -0.25) is 14.7 Å². The number of rotatable bonds is 5. The maximum atomic E-state index is 12.6. The van der Waals surface area contributed by atoms with E-state index in [0.29, 0.717) is 18.7 Å². The normalized spacial score (nSPS) is 10.6. The van der Waals surface area contributed by atoms with Gasteiger partial charge in [0, 0.05) is 43.5 Å². The molecule has 3 rings (SSSR count). The van der Waals surface area contributed by atoms with Crippen LogP contribution in [0.3, 0.4) is 0 Å². The molecule has 25 heavy (non-hydrogen) atoms. The van der Waals surface area contributed by atoms with Crippen molar-refractivity contribution in [3.8, 4) is 11.3 Å². The minimum atomic E-state index is -0.194. The minimum Gasteiger partial charge on any atom is -0.337 e. The topological polar surface area (TPSA) is 71.0 Å². The van der Waals surface area contributed by atoms with Crippen LogP contribution in [0.25, 0.3) is 11.3 Å². The molecule has 6 heteroatoms. The number of aryl methyl sites for hydroxylation is 1. The third-order valence-corrected chi connectivity index (χ3v) is 4.12. The van der Waals surface area contributed by atoms with E-state index in [9.17, 15) is 9.59 Å². The number of carbonyl (C=O) groups excluding carboxylic acids is 1. The summed E-state index contributed by atoms with van der Waals surface area (Å²) in [7, 11) is 1.72. The average molecular weight is 336 g/mol. The van der Waals surface area contributed by atoms with Gasteiger partial charge < -0.3 is 9.47 Å². The standard InChI is InChI=1S/C19H20N4O2/c1-3-23-10-9-15(11-17(23)24)19(25)22(2)13-16-12-20-21-18(16)14-7-5-4-6-8-14/h4-12H,3,13H2,1-2H3,(H,20,21). The Morgan fingerprint density at radius 1 is 1.24 bits per heavy atom. The van der Waals surface area contributed by atoms with Crippen molar-refractivity contribution < 1.29 is 4.79 Å². The predicted octanol–water partition coefficient (Wildman–Crippen LogP) is 2.53. The smallest absolute Gasteiger partial charge is 0.254 e. The SMILES string of the molecule is CCn1ccc(C(=O)N(C)Cc2cn[nH]c2-c2ccccc2)cc1=O. The summed E-state index contributed by atoms with van der Waals surface area (Å²) in [6, 6.07) is 12.9. The lowest BCUT2D eigenvalue weighted by atomic mass is 10.1. The number of aromatic amines is 1. The predicted molar refractivity (Wildman–Crippen MR) is 96.2 cm³/mol. The van der Waals surface area contributed by atoms with Crippen molar-refractivity contribution in [1.82, 2.24) is 19.7 Å². The maximum absolute atomic E-state index is 12.6. The quantitative estimate of drug-likeness (QED) is 0.778. The van der Waals surface area contributed by atoms with Crippen molar-refractivity contribution in [3.63, 3.8) is 0 Å². The molecule has 2 heterocycles. The second-order valence-corrected chi connectivity index (χ2v) is 5.84. The second-order valence-electron chi connectivity index (χ2n) is 5.84. The monoisotopic (exact) mass is 336 g/mol. The van der Waals surface area contributed by atoms with Gasteiger partial charge in [0.2, 0.25) is 0 Å². The molecule has 0 saturated heterocycles. The number of aromatic nitrogens is 3. The molecule has 128 valence electrons. The fourth-order valence-electron chi connectivity index (χ4n) is 2.74. The van der Waals surface area contributed by atoms with Crippen LogP contribution in [0.1, 0.15) is 22.8 Å². The number of hydrogen-bond acceptors (Lipinski definition) is 3. The minimum absolute atomic E-state index is 0.171. The molecule has 0 spiro atoms. The van der Waals surface area contributed by atoms with Gasteiger partial charge in [-0.15, -0.1) is 0 Å². The van der Waals surface area contributed by atoms with Crippen molar-refractivity contribution in [3.05, 3.63) is 76.3 Å². The number of nitrogens with one attached hydrogen (secondary N) is 1. The molecule has 1 N–H and O–H groups in total. The van der Waals surface area contributed by atoms with E-state index in [0.717, 1.165) is 16.8 Å². The fraction of sp³-hybridized carbons (Fsp3) is 0.211. The first-order valence-corrected chi connectivity index (χ1v) is 8.13. The summed E-state index contributed by atoms with van der Waals surface area (Å²) < 4.78 is 1.56. The van der Waals surface area contributed by atoms with Crippen LogP contribution in [0.4, 0.5) is 0 Å². The first-order valence-electron chi connectivity index (χ1n) is 8.13. The molecule has 0 aliphatic carbocycles. The highest BCUT2D eigenvalue weighted by molar-refractivity contribution is 5.93. The van der Waals surface area contributed by atoms with Crippen LogP contribution >= 0.6 is 0 Å². The summed E-state index contributed by atoms with van der Waals surface area (Å²) in [5.41, 5.74) is 3.05. The number of carbonyl (C=O) groups is 1. The number of pyridine rings is 1. The van der Waals surface area contributed by atoms with Crippen LogP contribution in [0.2, 0.25) is 0 Å². The first kappa shape index (κ1) is 16.7. The molecule has 0 atom stereocenters. The van der Waals surface area contributed by atoms with E-state index < -0.39 is 0 Å². The molecule has 0 bridgehead atoms. The van der Waals surface area contributed by atoms with Crippen LogP contribution in [0.5, 0.6) is 0 Å². The Kier molecular flexibility index (Phi) is 4.79. The lowest BCUT2D eigenvalue weighted by Gasteiger charge is -2.17. The lowest BCUT2D eigenvalue weighted by molar-refractivity contribution is 0.0785. The van der Waals surface area contributed by atoms with Crippen molar-refractivity contribution in [2.45, 2.75) is 20.0 Å². The summed E-state index contributed by atoms with van der Waals surface area (Å²) in [6.07, 6.45) is 3.37. The Labute approximate surface area is 145 Å². The van der Waals surface area contributed by atoms with Crippen molar-refractivity contribution >= 4 is 5.91 Å². The van der Waals surface area contributed by atoms with Crippen LogP contribution in [0, 0.1) is 0 Å². The highest BCUT2D eigenvalue weighted by Crippen LogP contribution is 2.22. The molecular weight excluding hydrogens is 316 g/mol. The number of hydrogen-bond donors (Lipinski definition) is 1. The molecular formula is C19H20N4O2. The summed E-state index contributed by atoms with van der Waals surface area (Å²) in [6.45, 7) is 2.87. The van der Waals surface area contributed by atoms with E-state index in [1.54, 1.807) is 35.0 Å². The second kappa shape index (κ2) is 7.17. The molecule has 6 nitrogen and oxygen atoms in total. The van der Waals surface area contributed by atoms with Gasteiger partial charge in [0.15, 0.2) is 0 Å². The Hall–Kier alpha value is -3.15. The van der Waals surface area contributed by atoms with E-state index in [-0.39, 0.29) is 11.5 Å². The van der Waals surface area contributed by atoms with Gasteiger partial charge in [-0.1, -0.05) is 30.3 Å². The molecule has 0 aliphatic rings. The molecule has 1 amide bonds. The Balaban J connectivity index is 1.80. The zero-order valence-electron chi connectivity index (χ0n) is 14.3. The third kappa shape index (κ3) is 3.52. The third-order valence-electron chi connectivity index (χ3n) is 4.12. The van der Waals surface area contributed by atoms with Gasteiger partial charge in [-0.2, -0.15) is 5.10 Å². The van der Waals surface area contributed by atoms with Gasteiger partial charge in [-0.05, 0) is 18.6 Å². The molecule has 0 aliphatic heterocycles. The highest BCUT2D eigenvalue weighted by Gasteiger charge is 2.16. The van der Waals surface area contributed by atoms with Crippen LogP contribution in [-0.4, -0.2) is 32.6 Å². The molecule has 1 aromatic carbocycles. The summed E-state index contributed by atoms with van der Waals surface area (Å²) in [4.78, 5) is 26.1. The van der Waals surface area contributed by atoms with E-state index >= 15 is 0 Å². The van der Waals surface area contributed by atoms with Crippen LogP contribution < -0.4 is 5.56 Å². The molecule has 0 unspecified atom stereocenters. The first-order chi connectivity index (χ1) is 12.1. The van der Waals surface area contributed by atoms with Crippen molar-refractivity contribution in [2.24, 2.45) is 0 Å². The zero-order chi connectivity index (χ0) is 17.8. The number of amides is 1. The lowest BCUT2D eigenvalue weighted by Crippen LogP contribution is -2.28. The number of H-pyrrole nitrogens is 1. The molecule has 0 saturated carbocycles. The van der Waals surface area contributed by atoms with Gasteiger partial charge in [-0.25, -0.2) is 0 Å². The molecule has 2 aromatic heterocycles. The van der Waals surface area contributed by atoms with Crippen molar-refractivity contribution in [1.29, 1.82) is 0 Å². The van der Waals surface area contributed by atoms with Gasteiger partial charge in [0.1, 0.15) is 0 Å². The van der Waals surface area contributed by atoms with E-state index in [4.69, 9.17) is 0 Å². The number of nitrogens with zero attached hydrogens (tertiary/aromatic N) is 3. The maximum Gasteiger partial charge on any atom is 0.254 e. The molecule has 3 aromatic rings. The Morgan fingerprint density at radius 3 is 2.68 bits per heavy atom. The Morgan fingerprint density at radius 2 is 2.00 bits per heavy atom. The van der Waals surface area contributed by atoms with E-state index in [1.807, 2.05) is 37.3 Å². The molecule has 0 radical (unpaired) electrons.